The van der Waals surface area contributed by atoms with Gasteiger partial charge in [-0.1, -0.05) is 12.1 Å². The van der Waals surface area contributed by atoms with Gasteiger partial charge in [-0.2, -0.15) is 0 Å². The molecule has 0 spiro atoms. The molecule has 122 valence electrons. The fraction of sp³-hybridized carbons (Fsp3) is 0.211. The number of rotatable bonds is 5. The third kappa shape index (κ3) is 3.20. The Balaban J connectivity index is 1.96. The second-order valence-electron chi connectivity index (χ2n) is 5.82. The van der Waals surface area contributed by atoms with Crippen molar-refractivity contribution in [3.8, 4) is 0 Å². The maximum Gasteiger partial charge on any atom is 0.337 e. The predicted molar refractivity (Wildman–Crippen MR) is 94.7 cm³/mol. The highest BCUT2D eigenvalue weighted by atomic mass is 16.4. The van der Waals surface area contributed by atoms with E-state index in [9.17, 15) is 9.90 Å². The van der Waals surface area contributed by atoms with E-state index in [4.69, 9.17) is 0 Å². The van der Waals surface area contributed by atoms with E-state index in [2.05, 4.69) is 14.9 Å². The molecule has 0 aliphatic heterocycles. The minimum Gasteiger partial charge on any atom is -0.478 e. The number of carboxylic acid groups (broad SMARTS) is 1. The number of hydrogen-bond acceptors (Lipinski definition) is 4. The van der Waals surface area contributed by atoms with Gasteiger partial charge < -0.3 is 10.0 Å². The molecule has 0 unspecified atom stereocenters. The minimum absolute atomic E-state index is 0.236. The number of fused-ring (bicyclic) bond motifs is 1. The van der Waals surface area contributed by atoms with Gasteiger partial charge in [0, 0.05) is 42.8 Å². The minimum atomic E-state index is -0.955. The van der Waals surface area contributed by atoms with Crippen molar-refractivity contribution in [3.05, 3.63) is 65.6 Å². The molecule has 1 aromatic carbocycles. The summed E-state index contributed by atoms with van der Waals surface area (Å²) in [6.45, 7) is 2.71. The molecule has 3 rings (SSSR count). The van der Waals surface area contributed by atoms with Crippen LogP contribution >= 0.6 is 0 Å². The summed E-state index contributed by atoms with van der Waals surface area (Å²) in [5, 5.41) is 10.3. The van der Waals surface area contributed by atoms with E-state index in [1.165, 1.54) is 5.56 Å². The smallest absolute Gasteiger partial charge is 0.337 e. The number of aryl methyl sites for hydroxylation is 1. The molecule has 0 bridgehead atoms. The van der Waals surface area contributed by atoms with Gasteiger partial charge in [0.1, 0.15) is 0 Å². The number of hydrogen-bond donors (Lipinski definition) is 1. The number of nitrogens with zero attached hydrogens (tertiary/aromatic N) is 3. The van der Waals surface area contributed by atoms with Crippen LogP contribution in [0.5, 0.6) is 0 Å². The third-order valence-corrected chi connectivity index (χ3v) is 4.07. The molecule has 2 heterocycles. The van der Waals surface area contributed by atoms with Crippen LogP contribution in [-0.4, -0.2) is 34.6 Å². The fourth-order valence-corrected chi connectivity index (χ4v) is 2.81. The van der Waals surface area contributed by atoms with Crippen molar-refractivity contribution in [1.82, 2.24) is 9.97 Å². The highest BCUT2D eigenvalue weighted by Crippen LogP contribution is 2.28. The van der Waals surface area contributed by atoms with Gasteiger partial charge in [0.25, 0.3) is 0 Å². The average Bonchev–Trinajstić information content (AvgIpc) is 2.59. The molecule has 0 saturated heterocycles. The number of benzene rings is 1. The summed E-state index contributed by atoms with van der Waals surface area (Å²) in [7, 11) is 2.02. The quantitative estimate of drug-likeness (QED) is 0.781. The number of carboxylic acids is 1. The van der Waals surface area contributed by atoms with Crippen molar-refractivity contribution in [2.24, 2.45) is 0 Å². The van der Waals surface area contributed by atoms with Crippen LogP contribution in [0.3, 0.4) is 0 Å². The van der Waals surface area contributed by atoms with Gasteiger partial charge in [-0.25, -0.2) is 4.79 Å². The molecular weight excluding hydrogens is 302 g/mol. The molecule has 3 aromatic rings. The molecule has 0 aliphatic carbocycles. The average molecular weight is 321 g/mol. The predicted octanol–water partition coefficient (Wildman–Crippen LogP) is 3.32. The Morgan fingerprint density at radius 2 is 1.96 bits per heavy atom. The zero-order chi connectivity index (χ0) is 17.1. The standard InChI is InChI=1S/C19H19N3O2/c1-13-12-17(22(2)11-8-14-6-9-20-10-7-14)15-4-3-5-16(19(23)24)18(15)21-13/h3-7,9-10,12H,8,11H2,1-2H3,(H,23,24). The summed E-state index contributed by atoms with van der Waals surface area (Å²) in [6, 6.07) is 11.3. The molecule has 0 amide bonds. The Kier molecular flexibility index (Phi) is 4.42. The first-order valence-electron chi connectivity index (χ1n) is 7.80. The molecular formula is C19H19N3O2. The largest absolute Gasteiger partial charge is 0.478 e. The number of likely N-dealkylation sites (N-methyl/N-ethyl adjacent to an activating group) is 1. The lowest BCUT2D eigenvalue weighted by Gasteiger charge is -2.22. The summed E-state index contributed by atoms with van der Waals surface area (Å²) in [5.41, 5.74) is 3.80. The summed E-state index contributed by atoms with van der Waals surface area (Å²) in [4.78, 5) is 22.1. The highest BCUT2D eigenvalue weighted by Gasteiger charge is 2.14. The van der Waals surface area contributed by atoms with Crippen LogP contribution < -0.4 is 4.90 Å². The second-order valence-corrected chi connectivity index (χ2v) is 5.82. The molecule has 0 radical (unpaired) electrons. The van der Waals surface area contributed by atoms with Crippen LogP contribution in [0, 0.1) is 6.92 Å². The number of aromatic carboxylic acids is 1. The normalized spacial score (nSPS) is 10.8. The Hall–Kier alpha value is -2.95. The van der Waals surface area contributed by atoms with E-state index in [0.717, 1.165) is 29.7 Å². The van der Waals surface area contributed by atoms with E-state index in [-0.39, 0.29) is 5.56 Å². The van der Waals surface area contributed by atoms with Crippen LogP contribution in [0.25, 0.3) is 10.9 Å². The number of carbonyl (C=O) groups is 1. The van der Waals surface area contributed by atoms with E-state index in [1.807, 2.05) is 38.2 Å². The maximum absolute atomic E-state index is 11.5. The van der Waals surface area contributed by atoms with Crippen LogP contribution in [0.4, 0.5) is 5.69 Å². The lowest BCUT2D eigenvalue weighted by molar-refractivity contribution is 0.0699. The first-order chi connectivity index (χ1) is 11.6. The lowest BCUT2D eigenvalue weighted by atomic mass is 10.1. The van der Waals surface area contributed by atoms with Gasteiger partial charge in [-0.3, -0.25) is 9.97 Å². The first kappa shape index (κ1) is 15.9. The Morgan fingerprint density at radius 3 is 2.67 bits per heavy atom. The fourth-order valence-electron chi connectivity index (χ4n) is 2.81. The van der Waals surface area contributed by atoms with Crippen molar-refractivity contribution in [1.29, 1.82) is 0 Å². The van der Waals surface area contributed by atoms with Crippen molar-refractivity contribution >= 4 is 22.6 Å². The number of para-hydroxylation sites is 1. The number of aromatic nitrogens is 2. The topological polar surface area (TPSA) is 66.3 Å². The second kappa shape index (κ2) is 6.66. The van der Waals surface area contributed by atoms with Gasteiger partial charge >= 0.3 is 5.97 Å². The van der Waals surface area contributed by atoms with E-state index in [0.29, 0.717) is 5.52 Å². The zero-order valence-corrected chi connectivity index (χ0v) is 13.7. The summed E-state index contributed by atoms with van der Waals surface area (Å²) >= 11 is 0. The van der Waals surface area contributed by atoms with Crippen molar-refractivity contribution in [3.63, 3.8) is 0 Å². The lowest BCUT2D eigenvalue weighted by Crippen LogP contribution is -2.21. The van der Waals surface area contributed by atoms with Gasteiger partial charge in [-0.15, -0.1) is 0 Å². The van der Waals surface area contributed by atoms with E-state index < -0.39 is 5.97 Å². The van der Waals surface area contributed by atoms with Crippen molar-refractivity contribution < 1.29 is 9.90 Å². The Morgan fingerprint density at radius 1 is 1.21 bits per heavy atom. The molecule has 5 nitrogen and oxygen atoms in total. The van der Waals surface area contributed by atoms with Gasteiger partial charge in [0.2, 0.25) is 0 Å². The monoisotopic (exact) mass is 321 g/mol. The molecule has 1 N–H and O–H groups in total. The summed E-state index contributed by atoms with van der Waals surface area (Å²) in [6.07, 6.45) is 4.47. The zero-order valence-electron chi connectivity index (χ0n) is 13.7. The molecule has 24 heavy (non-hydrogen) atoms. The van der Waals surface area contributed by atoms with Crippen LogP contribution in [0.15, 0.2) is 48.8 Å². The van der Waals surface area contributed by atoms with Crippen LogP contribution in [0.1, 0.15) is 21.6 Å². The highest BCUT2D eigenvalue weighted by molar-refractivity contribution is 6.05. The Labute approximate surface area is 140 Å². The van der Waals surface area contributed by atoms with Crippen molar-refractivity contribution in [2.75, 3.05) is 18.5 Å². The van der Waals surface area contributed by atoms with Crippen LogP contribution in [0.2, 0.25) is 0 Å². The van der Waals surface area contributed by atoms with Gasteiger partial charge in [0.05, 0.1) is 11.1 Å². The first-order valence-corrected chi connectivity index (χ1v) is 7.80. The molecule has 2 aromatic heterocycles. The maximum atomic E-state index is 11.5. The van der Waals surface area contributed by atoms with E-state index in [1.54, 1.807) is 24.5 Å². The molecule has 0 saturated carbocycles. The number of pyridine rings is 2. The van der Waals surface area contributed by atoms with Gasteiger partial charge in [-0.05, 0) is 43.2 Å². The van der Waals surface area contributed by atoms with Crippen molar-refractivity contribution in [2.45, 2.75) is 13.3 Å². The molecule has 0 aliphatic rings. The molecule has 0 atom stereocenters. The summed E-state index contributed by atoms with van der Waals surface area (Å²) < 4.78 is 0. The number of anilines is 1. The van der Waals surface area contributed by atoms with Gasteiger partial charge in [0.15, 0.2) is 0 Å². The third-order valence-electron chi connectivity index (χ3n) is 4.07. The van der Waals surface area contributed by atoms with Crippen LogP contribution in [-0.2, 0) is 6.42 Å². The Bertz CT molecular complexity index is 878. The SMILES string of the molecule is Cc1cc(N(C)CCc2ccncc2)c2cccc(C(=O)O)c2n1. The molecule has 5 heteroatoms. The van der Waals surface area contributed by atoms with E-state index >= 15 is 0 Å². The molecule has 0 fully saturated rings. The summed E-state index contributed by atoms with van der Waals surface area (Å²) in [5.74, 6) is -0.955.